The topological polar surface area (TPSA) is 61.3 Å². The molecule has 0 saturated carbocycles. The number of benzene rings is 2. The van der Waals surface area contributed by atoms with Crippen molar-refractivity contribution in [2.45, 2.75) is 6.92 Å². The average molecular weight is 228 g/mol. The molecule has 0 aliphatic carbocycles. The minimum Gasteiger partial charge on any atom is -0.495 e. The van der Waals surface area contributed by atoms with E-state index in [1.165, 1.54) is 0 Å². The minimum atomic E-state index is 0.657. The second kappa shape index (κ2) is 4.37. The molecule has 0 aromatic heterocycles. The number of methoxy groups -OCH3 is 1. The molecule has 2 rings (SSSR count). The predicted molar refractivity (Wildman–Crippen MR) is 72.0 cm³/mol. The quantitative estimate of drug-likeness (QED) is 0.777. The van der Waals surface area contributed by atoms with Crippen LogP contribution in [0.15, 0.2) is 36.4 Å². The van der Waals surface area contributed by atoms with Crippen LogP contribution in [0.4, 0.5) is 11.4 Å². The Balaban J connectivity index is 2.55. The first-order chi connectivity index (χ1) is 8.11. The lowest BCUT2D eigenvalue weighted by Crippen LogP contribution is -1.95. The van der Waals surface area contributed by atoms with Crippen LogP contribution in [0.25, 0.3) is 11.1 Å². The van der Waals surface area contributed by atoms with Crippen LogP contribution in [-0.4, -0.2) is 7.11 Å². The molecule has 0 saturated heterocycles. The van der Waals surface area contributed by atoms with Crippen LogP contribution in [0.5, 0.6) is 5.75 Å². The van der Waals surface area contributed by atoms with E-state index in [-0.39, 0.29) is 0 Å². The van der Waals surface area contributed by atoms with E-state index in [9.17, 15) is 0 Å². The molecular formula is C14H16N2O. The molecule has 2 aromatic rings. The van der Waals surface area contributed by atoms with Crippen molar-refractivity contribution in [2.24, 2.45) is 0 Å². The van der Waals surface area contributed by atoms with E-state index in [0.29, 0.717) is 11.4 Å². The Morgan fingerprint density at radius 3 is 2.24 bits per heavy atom. The molecule has 0 atom stereocenters. The summed E-state index contributed by atoms with van der Waals surface area (Å²) in [5.74, 6) is 0.697. The number of nitrogens with two attached hydrogens (primary N) is 2. The maximum atomic E-state index is 5.86. The van der Waals surface area contributed by atoms with Gasteiger partial charge in [0.25, 0.3) is 0 Å². The predicted octanol–water partition coefficient (Wildman–Crippen LogP) is 2.84. The summed E-state index contributed by atoms with van der Waals surface area (Å²) < 4.78 is 5.24. The molecule has 88 valence electrons. The van der Waals surface area contributed by atoms with Gasteiger partial charge in [0.2, 0.25) is 0 Å². The molecule has 0 aliphatic heterocycles. The maximum absolute atomic E-state index is 5.86. The molecule has 0 fully saturated rings. The minimum absolute atomic E-state index is 0.657. The number of ether oxygens (including phenoxy) is 1. The first-order valence-electron chi connectivity index (χ1n) is 5.42. The van der Waals surface area contributed by atoms with Crippen molar-refractivity contribution in [2.75, 3.05) is 18.6 Å². The molecule has 0 aliphatic rings. The van der Waals surface area contributed by atoms with Crippen molar-refractivity contribution in [1.82, 2.24) is 0 Å². The highest BCUT2D eigenvalue weighted by molar-refractivity contribution is 5.74. The molecule has 0 heterocycles. The lowest BCUT2D eigenvalue weighted by molar-refractivity contribution is 0.417. The van der Waals surface area contributed by atoms with Gasteiger partial charge in [0, 0.05) is 5.69 Å². The standard InChI is InChI=1S/C14H16N2O/c1-9-7-13(16)14(17-2)8-12(9)10-3-5-11(15)6-4-10/h3-8H,15-16H2,1-2H3. The van der Waals surface area contributed by atoms with E-state index in [4.69, 9.17) is 16.2 Å². The van der Waals surface area contributed by atoms with E-state index in [1.807, 2.05) is 43.3 Å². The summed E-state index contributed by atoms with van der Waals surface area (Å²) in [7, 11) is 1.62. The smallest absolute Gasteiger partial charge is 0.142 e. The Morgan fingerprint density at radius 1 is 1.00 bits per heavy atom. The molecular weight excluding hydrogens is 212 g/mol. The third-order valence-corrected chi connectivity index (χ3v) is 2.80. The first-order valence-corrected chi connectivity index (χ1v) is 5.42. The van der Waals surface area contributed by atoms with Gasteiger partial charge in [0.15, 0.2) is 0 Å². The average Bonchev–Trinajstić information content (AvgIpc) is 2.31. The first kappa shape index (κ1) is 11.3. The molecule has 17 heavy (non-hydrogen) atoms. The molecule has 0 amide bonds. The van der Waals surface area contributed by atoms with Crippen molar-refractivity contribution in [1.29, 1.82) is 0 Å². The van der Waals surface area contributed by atoms with Crippen LogP contribution in [0.1, 0.15) is 5.56 Å². The summed E-state index contributed by atoms with van der Waals surface area (Å²) in [4.78, 5) is 0. The summed E-state index contributed by atoms with van der Waals surface area (Å²) in [5, 5.41) is 0. The van der Waals surface area contributed by atoms with E-state index in [2.05, 4.69) is 0 Å². The van der Waals surface area contributed by atoms with Gasteiger partial charge in [-0.05, 0) is 47.9 Å². The van der Waals surface area contributed by atoms with Gasteiger partial charge in [-0.2, -0.15) is 0 Å². The number of hydrogen-bond donors (Lipinski definition) is 2. The summed E-state index contributed by atoms with van der Waals surface area (Å²) >= 11 is 0. The number of rotatable bonds is 2. The summed E-state index contributed by atoms with van der Waals surface area (Å²) in [6.45, 7) is 2.03. The van der Waals surface area contributed by atoms with Gasteiger partial charge < -0.3 is 16.2 Å². The van der Waals surface area contributed by atoms with Crippen LogP contribution in [-0.2, 0) is 0 Å². The van der Waals surface area contributed by atoms with Crippen molar-refractivity contribution in [3.8, 4) is 16.9 Å². The number of anilines is 2. The Labute approximate surface area is 101 Å². The largest absolute Gasteiger partial charge is 0.495 e. The highest BCUT2D eigenvalue weighted by Crippen LogP contribution is 2.32. The van der Waals surface area contributed by atoms with E-state index in [1.54, 1.807) is 7.11 Å². The van der Waals surface area contributed by atoms with Crippen molar-refractivity contribution >= 4 is 11.4 Å². The summed E-state index contributed by atoms with van der Waals surface area (Å²) in [6.07, 6.45) is 0. The molecule has 0 bridgehead atoms. The van der Waals surface area contributed by atoms with Gasteiger partial charge in [-0.15, -0.1) is 0 Å². The molecule has 0 radical (unpaired) electrons. The number of nitrogen functional groups attached to an aromatic ring is 2. The highest BCUT2D eigenvalue weighted by Gasteiger charge is 2.07. The Bertz CT molecular complexity index is 533. The fourth-order valence-corrected chi connectivity index (χ4v) is 1.86. The Hall–Kier alpha value is -2.16. The molecule has 4 N–H and O–H groups in total. The Kier molecular flexibility index (Phi) is 2.91. The molecule has 0 spiro atoms. The van der Waals surface area contributed by atoms with Crippen LogP contribution in [0.3, 0.4) is 0 Å². The summed E-state index contributed by atoms with van der Waals surface area (Å²) in [5.41, 5.74) is 16.3. The fourth-order valence-electron chi connectivity index (χ4n) is 1.86. The third-order valence-electron chi connectivity index (χ3n) is 2.80. The van der Waals surface area contributed by atoms with Crippen molar-refractivity contribution in [3.05, 3.63) is 42.0 Å². The zero-order chi connectivity index (χ0) is 12.4. The summed E-state index contributed by atoms with van der Waals surface area (Å²) in [6, 6.07) is 11.6. The van der Waals surface area contributed by atoms with Crippen LogP contribution in [0.2, 0.25) is 0 Å². The normalized spacial score (nSPS) is 10.2. The fraction of sp³-hybridized carbons (Fsp3) is 0.143. The molecule has 3 nitrogen and oxygen atoms in total. The lowest BCUT2D eigenvalue weighted by Gasteiger charge is -2.11. The molecule has 2 aromatic carbocycles. The third kappa shape index (κ3) is 2.18. The van der Waals surface area contributed by atoms with Gasteiger partial charge in [0.05, 0.1) is 12.8 Å². The zero-order valence-electron chi connectivity index (χ0n) is 10.0. The number of hydrogen-bond acceptors (Lipinski definition) is 3. The van der Waals surface area contributed by atoms with Crippen molar-refractivity contribution in [3.63, 3.8) is 0 Å². The Morgan fingerprint density at radius 2 is 1.65 bits per heavy atom. The van der Waals surface area contributed by atoms with Gasteiger partial charge in [-0.25, -0.2) is 0 Å². The van der Waals surface area contributed by atoms with Crippen molar-refractivity contribution < 1.29 is 4.74 Å². The highest BCUT2D eigenvalue weighted by atomic mass is 16.5. The maximum Gasteiger partial charge on any atom is 0.142 e. The van der Waals surface area contributed by atoms with Gasteiger partial charge >= 0.3 is 0 Å². The molecule has 3 heteroatoms. The van der Waals surface area contributed by atoms with E-state index < -0.39 is 0 Å². The van der Waals surface area contributed by atoms with Gasteiger partial charge in [-0.3, -0.25) is 0 Å². The zero-order valence-corrected chi connectivity index (χ0v) is 10.0. The lowest BCUT2D eigenvalue weighted by atomic mass is 9.99. The van der Waals surface area contributed by atoms with Gasteiger partial charge in [-0.1, -0.05) is 12.1 Å². The second-order valence-corrected chi connectivity index (χ2v) is 4.03. The van der Waals surface area contributed by atoms with E-state index >= 15 is 0 Å². The van der Waals surface area contributed by atoms with Crippen LogP contribution < -0.4 is 16.2 Å². The number of aryl methyl sites for hydroxylation is 1. The monoisotopic (exact) mass is 228 g/mol. The second-order valence-electron chi connectivity index (χ2n) is 4.03. The van der Waals surface area contributed by atoms with E-state index in [0.717, 1.165) is 22.4 Å². The van der Waals surface area contributed by atoms with Crippen LogP contribution >= 0.6 is 0 Å². The van der Waals surface area contributed by atoms with Crippen LogP contribution in [0, 0.1) is 6.92 Å². The van der Waals surface area contributed by atoms with Gasteiger partial charge in [0.1, 0.15) is 5.75 Å². The SMILES string of the molecule is COc1cc(-c2ccc(N)cc2)c(C)cc1N. The molecule has 0 unspecified atom stereocenters.